The summed E-state index contributed by atoms with van der Waals surface area (Å²) in [6.07, 6.45) is 1.00. The van der Waals surface area contributed by atoms with Crippen LogP contribution < -0.4 is 10.1 Å². The van der Waals surface area contributed by atoms with Gasteiger partial charge in [-0.05, 0) is 32.0 Å². The predicted octanol–water partition coefficient (Wildman–Crippen LogP) is 3.31. The Morgan fingerprint density at radius 2 is 2.05 bits per heavy atom. The predicted molar refractivity (Wildman–Crippen MR) is 79.7 cm³/mol. The lowest BCUT2D eigenvalue weighted by atomic mass is 10.2. The fourth-order valence-corrected chi connectivity index (χ4v) is 1.98. The maximum Gasteiger partial charge on any atom is 0.145 e. The van der Waals surface area contributed by atoms with Crippen molar-refractivity contribution in [2.24, 2.45) is 0 Å². The SMILES string of the molecule is Cc1ccc2cccc(OCCCNC(C)C)c2n1. The molecule has 0 fully saturated rings. The Morgan fingerprint density at radius 3 is 2.84 bits per heavy atom. The smallest absolute Gasteiger partial charge is 0.145 e. The molecular weight excluding hydrogens is 236 g/mol. The van der Waals surface area contributed by atoms with Crippen LogP contribution in [0.5, 0.6) is 5.75 Å². The van der Waals surface area contributed by atoms with Gasteiger partial charge in [-0.3, -0.25) is 0 Å². The van der Waals surface area contributed by atoms with E-state index in [1.807, 2.05) is 25.1 Å². The molecule has 3 heteroatoms. The first-order chi connectivity index (χ1) is 9.16. The molecule has 0 aliphatic heterocycles. The maximum atomic E-state index is 5.85. The quantitative estimate of drug-likeness (QED) is 0.807. The van der Waals surface area contributed by atoms with Crippen LogP contribution in [0.15, 0.2) is 30.3 Å². The molecule has 0 aliphatic carbocycles. The Morgan fingerprint density at radius 1 is 1.21 bits per heavy atom. The molecule has 2 rings (SSSR count). The Balaban J connectivity index is 1.98. The second-order valence-electron chi connectivity index (χ2n) is 5.09. The molecule has 0 saturated carbocycles. The van der Waals surface area contributed by atoms with Gasteiger partial charge in [-0.1, -0.05) is 32.0 Å². The molecule has 1 N–H and O–H groups in total. The first kappa shape index (κ1) is 13.8. The van der Waals surface area contributed by atoms with Crippen molar-refractivity contribution in [3.8, 4) is 5.75 Å². The first-order valence-electron chi connectivity index (χ1n) is 6.89. The molecule has 19 heavy (non-hydrogen) atoms. The largest absolute Gasteiger partial charge is 0.491 e. The zero-order valence-corrected chi connectivity index (χ0v) is 11.9. The number of hydrogen-bond acceptors (Lipinski definition) is 3. The number of hydrogen-bond donors (Lipinski definition) is 1. The summed E-state index contributed by atoms with van der Waals surface area (Å²) in [5.74, 6) is 0.880. The summed E-state index contributed by atoms with van der Waals surface area (Å²) in [5, 5.41) is 4.51. The highest BCUT2D eigenvalue weighted by molar-refractivity contribution is 5.84. The van der Waals surface area contributed by atoms with Gasteiger partial charge in [-0.2, -0.15) is 0 Å². The van der Waals surface area contributed by atoms with Crippen molar-refractivity contribution in [2.45, 2.75) is 33.2 Å². The van der Waals surface area contributed by atoms with Gasteiger partial charge in [-0.25, -0.2) is 4.98 Å². The van der Waals surface area contributed by atoms with Crippen molar-refractivity contribution in [3.63, 3.8) is 0 Å². The second-order valence-corrected chi connectivity index (χ2v) is 5.09. The number of rotatable bonds is 6. The van der Waals surface area contributed by atoms with Crippen LogP contribution in [0.25, 0.3) is 10.9 Å². The monoisotopic (exact) mass is 258 g/mol. The molecule has 0 spiro atoms. The number of pyridine rings is 1. The number of aromatic nitrogens is 1. The second kappa shape index (κ2) is 6.53. The molecule has 1 aromatic heterocycles. The third kappa shape index (κ3) is 3.93. The molecular formula is C16H22N2O. The molecule has 1 heterocycles. The topological polar surface area (TPSA) is 34.1 Å². The summed E-state index contributed by atoms with van der Waals surface area (Å²) in [5.41, 5.74) is 1.98. The lowest BCUT2D eigenvalue weighted by molar-refractivity contribution is 0.309. The minimum atomic E-state index is 0.530. The number of ether oxygens (including phenoxy) is 1. The van der Waals surface area contributed by atoms with Gasteiger partial charge in [0.05, 0.1) is 6.61 Å². The number of para-hydroxylation sites is 1. The van der Waals surface area contributed by atoms with Crippen LogP contribution in [-0.4, -0.2) is 24.2 Å². The molecule has 1 aromatic carbocycles. The van der Waals surface area contributed by atoms with Gasteiger partial charge in [0.1, 0.15) is 11.3 Å². The van der Waals surface area contributed by atoms with E-state index in [1.165, 1.54) is 0 Å². The van der Waals surface area contributed by atoms with Crippen LogP contribution in [0.3, 0.4) is 0 Å². The van der Waals surface area contributed by atoms with Gasteiger partial charge < -0.3 is 10.1 Å². The minimum Gasteiger partial charge on any atom is -0.491 e. The summed E-state index contributed by atoms with van der Waals surface area (Å²) in [7, 11) is 0. The van der Waals surface area contributed by atoms with E-state index in [0.29, 0.717) is 12.6 Å². The summed E-state index contributed by atoms with van der Waals surface area (Å²) >= 11 is 0. The van der Waals surface area contributed by atoms with Crippen molar-refractivity contribution < 1.29 is 4.74 Å². The van der Waals surface area contributed by atoms with Gasteiger partial charge >= 0.3 is 0 Å². The summed E-state index contributed by atoms with van der Waals surface area (Å²) in [6.45, 7) is 8.00. The third-order valence-corrected chi connectivity index (χ3v) is 2.95. The van der Waals surface area contributed by atoms with Gasteiger partial charge in [0.25, 0.3) is 0 Å². The van der Waals surface area contributed by atoms with E-state index in [2.05, 4.69) is 36.3 Å². The highest BCUT2D eigenvalue weighted by Crippen LogP contribution is 2.23. The molecule has 0 radical (unpaired) electrons. The Kier molecular flexibility index (Phi) is 4.74. The average Bonchev–Trinajstić information content (AvgIpc) is 2.38. The maximum absolute atomic E-state index is 5.85. The molecule has 0 amide bonds. The van der Waals surface area contributed by atoms with E-state index in [1.54, 1.807) is 0 Å². The van der Waals surface area contributed by atoms with Crippen LogP contribution in [-0.2, 0) is 0 Å². The molecule has 0 unspecified atom stereocenters. The van der Waals surface area contributed by atoms with Crippen LogP contribution in [0.2, 0.25) is 0 Å². The molecule has 0 saturated heterocycles. The highest BCUT2D eigenvalue weighted by Gasteiger charge is 2.03. The number of fused-ring (bicyclic) bond motifs is 1. The summed E-state index contributed by atoms with van der Waals surface area (Å²) < 4.78 is 5.85. The molecule has 0 aliphatic rings. The molecule has 2 aromatic rings. The zero-order chi connectivity index (χ0) is 13.7. The number of nitrogens with one attached hydrogen (secondary N) is 1. The van der Waals surface area contributed by atoms with E-state index in [-0.39, 0.29) is 0 Å². The fraction of sp³-hybridized carbons (Fsp3) is 0.438. The average molecular weight is 258 g/mol. The van der Waals surface area contributed by atoms with Crippen molar-refractivity contribution in [1.29, 1.82) is 0 Å². The van der Waals surface area contributed by atoms with E-state index in [0.717, 1.165) is 35.3 Å². The standard InChI is InChI=1S/C16H22N2O/c1-12(2)17-10-5-11-19-15-7-4-6-14-9-8-13(3)18-16(14)15/h4,6-9,12,17H,5,10-11H2,1-3H3. The molecule has 102 valence electrons. The lowest BCUT2D eigenvalue weighted by Crippen LogP contribution is -2.24. The van der Waals surface area contributed by atoms with Gasteiger partial charge in [-0.15, -0.1) is 0 Å². The van der Waals surface area contributed by atoms with E-state index in [4.69, 9.17) is 4.74 Å². The number of aryl methyl sites for hydroxylation is 1. The van der Waals surface area contributed by atoms with Crippen molar-refractivity contribution in [2.75, 3.05) is 13.2 Å². The van der Waals surface area contributed by atoms with E-state index in [9.17, 15) is 0 Å². The fourth-order valence-electron chi connectivity index (χ4n) is 1.98. The van der Waals surface area contributed by atoms with Crippen LogP contribution in [0.1, 0.15) is 26.0 Å². The Labute approximate surface area is 115 Å². The van der Waals surface area contributed by atoms with Crippen molar-refractivity contribution in [3.05, 3.63) is 36.0 Å². The highest BCUT2D eigenvalue weighted by atomic mass is 16.5. The Hall–Kier alpha value is -1.61. The van der Waals surface area contributed by atoms with Crippen LogP contribution in [0, 0.1) is 6.92 Å². The molecule has 0 bridgehead atoms. The van der Waals surface area contributed by atoms with Crippen LogP contribution >= 0.6 is 0 Å². The number of nitrogens with zero attached hydrogens (tertiary/aromatic N) is 1. The van der Waals surface area contributed by atoms with Gasteiger partial charge in [0, 0.05) is 17.1 Å². The van der Waals surface area contributed by atoms with Gasteiger partial charge in [0.15, 0.2) is 0 Å². The van der Waals surface area contributed by atoms with Crippen molar-refractivity contribution >= 4 is 10.9 Å². The minimum absolute atomic E-state index is 0.530. The third-order valence-electron chi connectivity index (χ3n) is 2.95. The van der Waals surface area contributed by atoms with Gasteiger partial charge in [0.2, 0.25) is 0 Å². The van der Waals surface area contributed by atoms with Crippen LogP contribution in [0.4, 0.5) is 0 Å². The zero-order valence-electron chi connectivity index (χ0n) is 11.9. The summed E-state index contributed by atoms with van der Waals surface area (Å²) in [6, 6.07) is 10.7. The van der Waals surface area contributed by atoms with Crippen molar-refractivity contribution in [1.82, 2.24) is 10.3 Å². The molecule has 3 nitrogen and oxygen atoms in total. The summed E-state index contributed by atoms with van der Waals surface area (Å²) in [4.78, 5) is 4.56. The lowest BCUT2D eigenvalue weighted by Gasteiger charge is -2.10. The first-order valence-corrected chi connectivity index (χ1v) is 6.89. The van der Waals surface area contributed by atoms with E-state index < -0.39 is 0 Å². The Bertz CT molecular complexity index is 537. The van der Waals surface area contributed by atoms with E-state index >= 15 is 0 Å². The number of benzene rings is 1. The normalized spacial score (nSPS) is 11.2. The molecule has 0 atom stereocenters.